The van der Waals surface area contributed by atoms with E-state index in [0.717, 1.165) is 19.3 Å². The summed E-state index contributed by atoms with van der Waals surface area (Å²) in [6, 6.07) is 2.45. The predicted molar refractivity (Wildman–Crippen MR) is 69.4 cm³/mol. The lowest BCUT2D eigenvalue weighted by molar-refractivity contribution is 0.404. The number of rotatable bonds is 2. The van der Waals surface area contributed by atoms with Crippen LogP contribution in [0.25, 0.3) is 0 Å². The zero-order chi connectivity index (χ0) is 13.3. The summed E-state index contributed by atoms with van der Waals surface area (Å²) in [7, 11) is -3.36. The van der Waals surface area contributed by atoms with Crippen molar-refractivity contribution < 1.29 is 8.42 Å². The van der Waals surface area contributed by atoms with Crippen LogP contribution >= 0.6 is 0 Å². The number of nitrogens with zero attached hydrogens (tertiary/aromatic N) is 3. The highest BCUT2D eigenvalue weighted by molar-refractivity contribution is 7.90. The zero-order valence-corrected chi connectivity index (χ0v) is 11.6. The van der Waals surface area contributed by atoms with E-state index in [1.54, 1.807) is 6.07 Å². The summed E-state index contributed by atoms with van der Waals surface area (Å²) >= 11 is 0. The third kappa shape index (κ3) is 2.97. The Morgan fingerprint density at radius 1 is 1.33 bits per heavy atom. The van der Waals surface area contributed by atoms with E-state index in [9.17, 15) is 8.42 Å². The molecule has 0 radical (unpaired) electrons. The van der Waals surface area contributed by atoms with Gasteiger partial charge in [0.2, 0.25) is 15.0 Å². The van der Waals surface area contributed by atoms with Gasteiger partial charge < -0.3 is 10.2 Å². The van der Waals surface area contributed by atoms with Crippen molar-refractivity contribution in [2.24, 2.45) is 0 Å². The van der Waals surface area contributed by atoms with Crippen molar-refractivity contribution in [2.45, 2.75) is 31.1 Å². The monoisotopic (exact) mass is 270 g/mol. The van der Waals surface area contributed by atoms with Gasteiger partial charge in [-0.05, 0) is 19.9 Å². The van der Waals surface area contributed by atoms with Crippen LogP contribution in [0, 0.1) is 0 Å². The number of sulfone groups is 1. The van der Waals surface area contributed by atoms with Crippen LogP contribution in [-0.2, 0) is 9.84 Å². The SMILES string of the molecule is C[C@@H]1CN(c2ccnc(S(C)(=O)=O)n2)C[C@H](C)N1. The van der Waals surface area contributed by atoms with Crippen LogP contribution in [-0.4, -0.2) is 49.8 Å². The first-order valence-corrected chi connectivity index (χ1v) is 7.79. The van der Waals surface area contributed by atoms with E-state index in [1.165, 1.54) is 6.20 Å². The molecule has 1 aliphatic rings. The molecule has 0 aliphatic carbocycles. The summed E-state index contributed by atoms with van der Waals surface area (Å²) in [4.78, 5) is 10.0. The number of piperazine rings is 1. The molecule has 0 saturated carbocycles. The lowest BCUT2D eigenvalue weighted by Crippen LogP contribution is -2.54. The molecule has 2 atom stereocenters. The van der Waals surface area contributed by atoms with Crippen LogP contribution in [0.5, 0.6) is 0 Å². The molecule has 1 fully saturated rings. The summed E-state index contributed by atoms with van der Waals surface area (Å²) in [5.41, 5.74) is 0. The summed E-state index contributed by atoms with van der Waals surface area (Å²) in [6.45, 7) is 5.82. The summed E-state index contributed by atoms with van der Waals surface area (Å²) < 4.78 is 22.9. The van der Waals surface area contributed by atoms with Crippen molar-refractivity contribution in [2.75, 3.05) is 24.2 Å². The van der Waals surface area contributed by atoms with E-state index < -0.39 is 9.84 Å². The van der Waals surface area contributed by atoms with Crippen molar-refractivity contribution in [1.82, 2.24) is 15.3 Å². The fourth-order valence-corrected chi connectivity index (χ4v) is 2.71. The van der Waals surface area contributed by atoms with Gasteiger partial charge in [-0.1, -0.05) is 0 Å². The first kappa shape index (κ1) is 13.2. The fraction of sp³-hybridized carbons (Fsp3) is 0.636. The highest BCUT2D eigenvalue weighted by Gasteiger charge is 2.23. The molecular weight excluding hydrogens is 252 g/mol. The van der Waals surface area contributed by atoms with Crippen LogP contribution < -0.4 is 10.2 Å². The van der Waals surface area contributed by atoms with Crippen molar-refractivity contribution in [1.29, 1.82) is 0 Å². The van der Waals surface area contributed by atoms with E-state index in [1.807, 2.05) is 0 Å². The summed E-state index contributed by atoms with van der Waals surface area (Å²) in [6.07, 6.45) is 2.62. The molecular formula is C11H18N4O2S. The maximum Gasteiger partial charge on any atom is 0.248 e. The van der Waals surface area contributed by atoms with Gasteiger partial charge in [0.15, 0.2) is 0 Å². The van der Waals surface area contributed by atoms with Gasteiger partial charge in [-0.25, -0.2) is 18.4 Å². The molecule has 0 aromatic carbocycles. The minimum atomic E-state index is -3.36. The Balaban J connectivity index is 2.28. The number of aromatic nitrogens is 2. The Morgan fingerprint density at radius 2 is 1.94 bits per heavy atom. The average Bonchev–Trinajstić information content (AvgIpc) is 2.27. The predicted octanol–water partition coefficient (Wildman–Crippen LogP) is 0.0667. The van der Waals surface area contributed by atoms with Gasteiger partial charge in [0.1, 0.15) is 5.82 Å². The third-order valence-electron chi connectivity index (χ3n) is 2.83. The van der Waals surface area contributed by atoms with Gasteiger partial charge in [0.05, 0.1) is 0 Å². The van der Waals surface area contributed by atoms with Gasteiger partial charge >= 0.3 is 0 Å². The van der Waals surface area contributed by atoms with Gasteiger partial charge in [0.25, 0.3) is 0 Å². The highest BCUT2D eigenvalue weighted by Crippen LogP contribution is 2.16. The Labute approximate surface area is 107 Å². The summed E-state index contributed by atoms with van der Waals surface area (Å²) in [5.74, 6) is 0.672. The molecule has 1 aromatic rings. The van der Waals surface area contributed by atoms with E-state index in [0.29, 0.717) is 17.9 Å². The largest absolute Gasteiger partial charge is 0.353 e. The molecule has 7 heteroatoms. The van der Waals surface area contributed by atoms with E-state index in [-0.39, 0.29) is 5.16 Å². The number of anilines is 1. The molecule has 1 aliphatic heterocycles. The van der Waals surface area contributed by atoms with Crippen LogP contribution in [0.15, 0.2) is 17.4 Å². The number of hydrogen-bond donors (Lipinski definition) is 1. The van der Waals surface area contributed by atoms with Crippen molar-refractivity contribution in [3.05, 3.63) is 12.3 Å². The molecule has 0 bridgehead atoms. The second kappa shape index (κ2) is 4.81. The topological polar surface area (TPSA) is 75.2 Å². The van der Waals surface area contributed by atoms with Gasteiger partial charge in [-0.15, -0.1) is 0 Å². The van der Waals surface area contributed by atoms with Crippen molar-refractivity contribution in [3.8, 4) is 0 Å². The second-order valence-electron chi connectivity index (χ2n) is 4.84. The Kier molecular flexibility index (Phi) is 3.54. The maximum absolute atomic E-state index is 11.4. The van der Waals surface area contributed by atoms with Gasteiger partial charge in [-0.3, -0.25) is 0 Å². The molecule has 100 valence electrons. The molecule has 0 amide bonds. The van der Waals surface area contributed by atoms with E-state index in [4.69, 9.17) is 0 Å². The molecule has 2 rings (SSSR count). The first-order valence-electron chi connectivity index (χ1n) is 5.90. The molecule has 1 aromatic heterocycles. The summed E-state index contributed by atoms with van der Waals surface area (Å²) in [5, 5.41) is 3.31. The van der Waals surface area contributed by atoms with Crippen LogP contribution in [0.4, 0.5) is 5.82 Å². The molecule has 18 heavy (non-hydrogen) atoms. The third-order valence-corrected chi connectivity index (χ3v) is 3.69. The van der Waals surface area contributed by atoms with Gasteiger partial charge in [0, 0.05) is 37.6 Å². The maximum atomic E-state index is 11.4. The lowest BCUT2D eigenvalue weighted by Gasteiger charge is -2.36. The van der Waals surface area contributed by atoms with E-state index >= 15 is 0 Å². The number of hydrogen-bond acceptors (Lipinski definition) is 6. The molecule has 0 unspecified atom stereocenters. The van der Waals surface area contributed by atoms with Crippen LogP contribution in [0.3, 0.4) is 0 Å². The van der Waals surface area contributed by atoms with Crippen molar-refractivity contribution in [3.63, 3.8) is 0 Å². The fourth-order valence-electron chi connectivity index (χ4n) is 2.20. The molecule has 1 saturated heterocycles. The molecule has 0 spiro atoms. The Morgan fingerprint density at radius 3 is 2.50 bits per heavy atom. The quantitative estimate of drug-likeness (QED) is 0.766. The van der Waals surface area contributed by atoms with Gasteiger partial charge in [-0.2, -0.15) is 0 Å². The first-order chi connectivity index (χ1) is 8.36. The smallest absolute Gasteiger partial charge is 0.248 e. The van der Waals surface area contributed by atoms with E-state index in [2.05, 4.69) is 34.0 Å². The normalized spacial score (nSPS) is 25.2. The van der Waals surface area contributed by atoms with Crippen LogP contribution in [0.2, 0.25) is 0 Å². The minimum Gasteiger partial charge on any atom is -0.353 e. The minimum absolute atomic E-state index is 0.112. The second-order valence-corrected chi connectivity index (χ2v) is 6.75. The zero-order valence-electron chi connectivity index (χ0n) is 10.8. The average molecular weight is 270 g/mol. The molecule has 2 heterocycles. The molecule has 1 N–H and O–H groups in total. The van der Waals surface area contributed by atoms with Crippen molar-refractivity contribution >= 4 is 15.7 Å². The Hall–Kier alpha value is -1.21. The standard InChI is InChI=1S/C11H18N4O2S/c1-8-6-15(7-9(2)13-8)10-4-5-12-11(14-10)18(3,16)17/h4-5,8-9,13H,6-7H2,1-3H3/t8-,9+. The van der Waals surface area contributed by atoms with Crippen LogP contribution in [0.1, 0.15) is 13.8 Å². The highest BCUT2D eigenvalue weighted by atomic mass is 32.2. The number of nitrogens with one attached hydrogen (secondary N) is 1. The Bertz CT molecular complexity index is 522. The molecule has 6 nitrogen and oxygen atoms in total. The lowest BCUT2D eigenvalue weighted by atomic mass is 10.1.